The fraction of sp³-hybridized carbons (Fsp3) is 0.350. The van der Waals surface area contributed by atoms with E-state index < -0.39 is 0 Å². The van der Waals surface area contributed by atoms with Crippen molar-refractivity contribution in [1.82, 2.24) is 4.90 Å². The topological polar surface area (TPSA) is 54.5 Å². The first-order valence-corrected chi connectivity index (χ1v) is 8.20. The zero-order valence-electron chi connectivity index (χ0n) is 14.7. The number of unbranched alkanes of at least 4 members (excludes halogenated alkanes) is 1. The number of benzene rings is 1. The smallest absolute Gasteiger partial charge is 0.249 e. The molecular weight excluding hydrogens is 302 g/mol. The van der Waals surface area contributed by atoms with Gasteiger partial charge in [0, 0.05) is 41.9 Å². The van der Waals surface area contributed by atoms with Crippen molar-refractivity contribution in [3.05, 3.63) is 58.2 Å². The minimum Gasteiger partial charge on any atom is -0.345 e. The van der Waals surface area contributed by atoms with Gasteiger partial charge in [0.15, 0.2) is 11.6 Å². The highest BCUT2D eigenvalue weighted by atomic mass is 16.2. The zero-order chi connectivity index (χ0) is 17.9. The Morgan fingerprint density at radius 3 is 2.21 bits per heavy atom. The van der Waals surface area contributed by atoms with E-state index in [9.17, 15) is 14.4 Å². The predicted molar refractivity (Wildman–Crippen MR) is 94.1 cm³/mol. The van der Waals surface area contributed by atoms with Gasteiger partial charge in [0.1, 0.15) is 0 Å². The number of nitrogens with zero attached hydrogens (tertiary/aromatic N) is 1. The van der Waals surface area contributed by atoms with E-state index in [0.717, 1.165) is 12.8 Å². The molecule has 24 heavy (non-hydrogen) atoms. The number of carbonyl (C=O) groups excluding carboxylic acids is 3. The number of hydrogen-bond donors (Lipinski definition) is 0. The van der Waals surface area contributed by atoms with Gasteiger partial charge in [-0.05, 0) is 25.8 Å². The van der Waals surface area contributed by atoms with Gasteiger partial charge >= 0.3 is 0 Å². The molecule has 0 saturated carbocycles. The monoisotopic (exact) mass is 325 g/mol. The van der Waals surface area contributed by atoms with Crippen molar-refractivity contribution in [3.63, 3.8) is 0 Å². The molecule has 0 heterocycles. The molecule has 4 nitrogen and oxygen atoms in total. The molecule has 0 radical (unpaired) electrons. The number of likely N-dealkylation sites (N-methyl/N-ethyl adjacent to an activating group) is 1. The third-order valence-electron chi connectivity index (χ3n) is 4.20. The van der Waals surface area contributed by atoms with Crippen LogP contribution in [0.15, 0.2) is 47.1 Å². The minimum absolute atomic E-state index is 0.122. The average molecular weight is 325 g/mol. The Morgan fingerprint density at radius 1 is 1.08 bits per heavy atom. The Balaban J connectivity index is 2.52. The van der Waals surface area contributed by atoms with Crippen molar-refractivity contribution in [3.8, 4) is 0 Å². The lowest BCUT2D eigenvalue weighted by Crippen LogP contribution is -2.25. The molecule has 0 atom stereocenters. The quantitative estimate of drug-likeness (QED) is 0.777. The van der Waals surface area contributed by atoms with Crippen molar-refractivity contribution in [2.75, 3.05) is 14.1 Å². The largest absolute Gasteiger partial charge is 0.345 e. The summed E-state index contributed by atoms with van der Waals surface area (Å²) in [4.78, 5) is 39.2. The maximum absolute atomic E-state index is 12.8. The summed E-state index contributed by atoms with van der Waals surface area (Å²) < 4.78 is 0. The first kappa shape index (κ1) is 17.9. The number of rotatable bonds is 5. The van der Waals surface area contributed by atoms with E-state index in [0.29, 0.717) is 34.3 Å². The normalized spacial score (nSPS) is 14.8. The number of ketones is 2. The van der Waals surface area contributed by atoms with Gasteiger partial charge in [-0.1, -0.05) is 37.6 Å². The van der Waals surface area contributed by atoms with Gasteiger partial charge in [-0.2, -0.15) is 0 Å². The lowest BCUT2D eigenvalue weighted by Gasteiger charge is -2.19. The van der Waals surface area contributed by atoms with E-state index in [1.807, 2.05) is 6.92 Å². The van der Waals surface area contributed by atoms with Crippen LogP contribution in [0.3, 0.4) is 0 Å². The highest BCUT2D eigenvalue weighted by Crippen LogP contribution is 2.28. The summed E-state index contributed by atoms with van der Waals surface area (Å²) >= 11 is 0. The first-order valence-electron chi connectivity index (χ1n) is 8.20. The molecule has 0 aliphatic heterocycles. The van der Waals surface area contributed by atoms with Crippen molar-refractivity contribution in [2.24, 2.45) is 0 Å². The van der Waals surface area contributed by atoms with Crippen LogP contribution in [0.25, 0.3) is 0 Å². The Labute approximate surface area is 142 Å². The summed E-state index contributed by atoms with van der Waals surface area (Å²) in [5.74, 6) is -0.463. The maximum Gasteiger partial charge on any atom is 0.249 e. The lowest BCUT2D eigenvalue weighted by atomic mass is 9.83. The average Bonchev–Trinajstić information content (AvgIpc) is 2.58. The second-order valence-corrected chi connectivity index (χ2v) is 6.22. The Kier molecular flexibility index (Phi) is 5.50. The molecule has 0 fully saturated rings. The summed E-state index contributed by atoms with van der Waals surface area (Å²) in [5, 5.41) is 0. The van der Waals surface area contributed by atoms with Crippen LogP contribution in [0, 0.1) is 0 Å². The van der Waals surface area contributed by atoms with Gasteiger partial charge in [0.25, 0.3) is 0 Å². The van der Waals surface area contributed by atoms with Crippen LogP contribution < -0.4 is 0 Å². The van der Waals surface area contributed by atoms with Crippen molar-refractivity contribution in [2.45, 2.75) is 33.1 Å². The van der Waals surface area contributed by atoms with Crippen LogP contribution in [0.2, 0.25) is 0 Å². The fourth-order valence-corrected chi connectivity index (χ4v) is 2.76. The second-order valence-electron chi connectivity index (χ2n) is 6.22. The molecule has 0 unspecified atom stereocenters. The van der Waals surface area contributed by atoms with Gasteiger partial charge in [0.2, 0.25) is 5.91 Å². The van der Waals surface area contributed by atoms with Gasteiger partial charge in [0.05, 0.1) is 0 Å². The molecule has 4 heteroatoms. The van der Waals surface area contributed by atoms with Gasteiger partial charge < -0.3 is 4.90 Å². The van der Waals surface area contributed by atoms with E-state index in [1.54, 1.807) is 51.4 Å². The standard InChI is InChI=1S/C20H23NO3/c1-5-6-9-14(20(24)21(3)4)12-17-13(2)18(22)15-10-7-8-11-16(15)19(17)23/h7-8,10-12H,5-6,9H2,1-4H3/b14-12+. The summed E-state index contributed by atoms with van der Waals surface area (Å²) in [6.07, 6.45) is 4.01. The summed E-state index contributed by atoms with van der Waals surface area (Å²) in [6.45, 7) is 3.70. The molecule has 1 aromatic carbocycles. The highest BCUT2D eigenvalue weighted by molar-refractivity contribution is 6.28. The molecule has 1 aliphatic carbocycles. The summed E-state index contributed by atoms with van der Waals surface area (Å²) in [5.41, 5.74) is 2.15. The molecule has 0 spiro atoms. The SMILES string of the molecule is CCCC/C(=C\C1=C(C)C(=O)c2ccccc2C1=O)C(=O)N(C)C. The summed E-state index contributed by atoms with van der Waals surface area (Å²) in [7, 11) is 3.37. The Morgan fingerprint density at radius 2 is 1.67 bits per heavy atom. The molecule has 126 valence electrons. The van der Waals surface area contributed by atoms with E-state index in [2.05, 4.69) is 0 Å². The Hall–Kier alpha value is -2.49. The molecule has 1 aromatic rings. The number of fused-ring (bicyclic) bond motifs is 1. The molecule has 2 rings (SSSR count). The third-order valence-corrected chi connectivity index (χ3v) is 4.20. The molecule has 0 saturated heterocycles. The van der Waals surface area contributed by atoms with E-state index >= 15 is 0 Å². The van der Waals surface area contributed by atoms with Crippen LogP contribution in [-0.4, -0.2) is 36.5 Å². The van der Waals surface area contributed by atoms with Crippen LogP contribution in [0.1, 0.15) is 53.8 Å². The minimum atomic E-state index is -0.191. The van der Waals surface area contributed by atoms with Crippen molar-refractivity contribution in [1.29, 1.82) is 0 Å². The molecule has 0 aromatic heterocycles. The molecule has 0 bridgehead atoms. The lowest BCUT2D eigenvalue weighted by molar-refractivity contribution is -0.124. The maximum atomic E-state index is 12.8. The first-order chi connectivity index (χ1) is 11.4. The van der Waals surface area contributed by atoms with E-state index in [-0.39, 0.29) is 17.5 Å². The van der Waals surface area contributed by atoms with Gasteiger partial charge in [-0.15, -0.1) is 0 Å². The third kappa shape index (κ3) is 3.37. The summed E-state index contributed by atoms with van der Waals surface area (Å²) in [6, 6.07) is 6.83. The van der Waals surface area contributed by atoms with E-state index in [4.69, 9.17) is 0 Å². The predicted octanol–water partition coefficient (Wildman–Crippen LogP) is 3.59. The fourth-order valence-electron chi connectivity index (χ4n) is 2.76. The molecule has 1 amide bonds. The van der Waals surface area contributed by atoms with Crippen molar-refractivity contribution >= 4 is 17.5 Å². The number of Topliss-reactive ketones (excluding diaryl/α,β-unsaturated/α-hetero) is 2. The van der Waals surface area contributed by atoms with Crippen LogP contribution in [-0.2, 0) is 4.79 Å². The zero-order valence-corrected chi connectivity index (χ0v) is 14.7. The second kappa shape index (κ2) is 7.39. The number of carbonyl (C=O) groups is 3. The van der Waals surface area contributed by atoms with Crippen molar-refractivity contribution < 1.29 is 14.4 Å². The molecule has 1 aliphatic rings. The number of hydrogen-bond acceptors (Lipinski definition) is 3. The molecule has 0 N–H and O–H groups in total. The number of allylic oxidation sites excluding steroid dienone is 3. The number of amides is 1. The van der Waals surface area contributed by atoms with E-state index in [1.165, 1.54) is 4.90 Å². The van der Waals surface area contributed by atoms with Crippen LogP contribution >= 0.6 is 0 Å². The van der Waals surface area contributed by atoms with Gasteiger partial charge in [-0.3, -0.25) is 14.4 Å². The molecular formula is C20H23NO3. The highest BCUT2D eigenvalue weighted by Gasteiger charge is 2.29. The van der Waals surface area contributed by atoms with Crippen LogP contribution in [0.5, 0.6) is 0 Å². The van der Waals surface area contributed by atoms with Crippen LogP contribution in [0.4, 0.5) is 0 Å². The Bertz CT molecular complexity index is 754. The van der Waals surface area contributed by atoms with Gasteiger partial charge in [-0.25, -0.2) is 0 Å².